The maximum atomic E-state index is 11.2. The maximum absolute atomic E-state index is 11.2. The molecule has 37 heavy (non-hydrogen) atoms. The van der Waals surface area contributed by atoms with Crippen molar-refractivity contribution in [2.24, 2.45) is 5.16 Å². The highest BCUT2D eigenvalue weighted by molar-refractivity contribution is 8.14. The minimum absolute atomic E-state index is 0.262. The molecule has 2 saturated heterocycles. The molecule has 2 heterocycles. The van der Waals surface area contributed by atoms with Crippen LogP contribution < -0.4 is 0 Å². The minimum Gasteiger partial charge on any atom is -0.394 e. The number of rotatable bonds is 9. The molecule has 210 valence electrons. The number of ether oxygens (including phenoxy) is 3. The Balaban J connectivity index is 1.87. The average molecular weight is 572 g/mol. The van der Waals surface area contributed by atoms with Crippen LogP contribution in [0.2, 0.25) is 0 Å². The van der Waals surface area contributed by atoms with Crippen molar-refractivity contribution < 1.29 is 67.2 Å². The molecule has 3 rings (SSSR count). The highest BCUT2D eigenvalue weighted by Gasteiger charge is 2.45. The molecule has 10 unspecified atom stereocenters. The molecule has 10 atom stereocenters. The quantitative estimate of drug-likeness (QED) is 0.0647. The summed E-state index contributed by atoms with van der Waals surface area (Å²) in [6.07, 6.45) is -13.8. The van der Waals surface area contributed by atoms with E-state index in [4.69, 9.17) is 18.8 Å². The van der Waals surface area contributed by atoms with Gasteiger partial charge in [-0.05, 0) is 5.56 Å². The second-order valence-electron chi connectivity index (χ2n) is 8.29. The molecule has 0 aliphatic carbocycles. The SMILES string of the molecule is O=S(=O)(O)ON=C(CC(OC1OCC(O)C(O)C1O)c1ccccc1)SC1OC(CO)C(O)C(O)C1O. The molecule has 0 amide bonds. The molecule has 17 heteroatoms. The van der Waals surface area contributed by atoms with Crippen LogP contribution in [0.3, 0.4) is 0 Å². The number of thioether (sulfide) groups is 1. The monoisotopic (exact) mass is 571 g/mol. The van der Waals surface area contributed by atoms with Crippen molar-refractivity contribution in [3.05, 3.63) is 35.9 Å². The Labute approximate surface area is 215 Å². The summed E-state index contributed by atoms with van der Waals surface area (Å²) in [7, 11) is -5.06. The molecule has 0 spiro atoms. The van der Waals surface area contributed by atoms with E-state index in [9.17, 15) is 44.2 Å². The van der Waals surface area contributed by atoms with Crippen molar-refractivity contribution in [2.75, 3.05) is 13.2 Å². The van der Waals surface area contributed by atoms with Gasteiger partial charge in [-0.15, -0.1) is 0 Å². The van der Waals surface area contributed by atoms with Crippen molar-refractivity contribution in [2.45, 2.75) is 67.0 Å². The van der Waals surface area contributed by atoms with E-state index in [1.54, 1.807) is 30.3 Å². The van der Waals surface area contributed by atoms with Gasteiger partial charge in [-0.2, -0.15) is 8.42 Å². The van der Waals surface area contributed by atoms with Crippen LogP contribution in [0.15, 0.2) is 35.5 Å². The van der Waals surface area contributed by atoms with Gasteiger partial charge in [0.05, 0.1) is 19.3 Å². The number of benzene rings is 1. The summed E-state index contributed by atoms with van der Waals surface area (Å²) in [5.41, 5.74) is -0.919. The van der Waals surface area contributed by atoms with Crippen LogP contribution in [0.5, 0.6) is 0 Å². The highest BCUT2D eigenvalue weighted by Crippen LogP contribution is 2.34. The van der Waals surface area contributed by atoms with Gasteiger partial charge in [-0.25, -0.2) is 4.28 Å². The van der Waals surface area contributed by atoms with Crippen LogP contribution in [0.25, 0.3) is 0 Å². The molecule has 1 aromatic rings. The minimum atomic E-state index is -5.06. The van der Waals surface area contributed by atoms with Crippen LogP contribution in [-0.4, -0.2) is 121 Å². The fourth-order valence-electron chi connectivity index (χ4n) is 3.63. The van der Waals surface area contributed by atoms with Gasteiger partial charge in [0, 0.05) is 6.42 Å². The summed E-state index contributed by atoms with van der Waals surface area (Å²) in [5, 5.41) is 72.9. The number of hydrogen-bond acceptors (Lipinski definition) is 15. The van der Waals surface area contributed by atoms with Gasteiger partial charge in [0.2, 0.25) is 0 Å². The van der Waals surface area contributed by atoms with Crippen LogP contribution in [0.4, 0.5) is 0 Å². The third-order valence-corrected chi connectivity index (χ3v) is 7.02. The first kappa shape index (κ1) is 30.1. The fraction of sp³-hybridized carbons (Fsp3) is 0.650. The van der Waals surface area contributed by atoms with Gasteiger partial charge >= 0.3 is 10.4 Å². The van der Waals surface area contributed by atoms with Crippen molar-refractivity contribution in [1.82, 2.24) is 0 Å². The number of nitrogens with zero attached hydrogens (tertiary/aromatic N) is 1. The summed E-state index contributed by atoms with van der Waals surface area (Å²) in [6, 6.07) is 8.24. The smallest absolute Gasteiger partial charge is 0.394 e. The molecule has 0 saturated carbocycles. The molecule has 0 radical (unpaired) electrons. The Morgan fingerprint density at radius 1 is 1.03 bits per heavy atom. The normalized spacial score (nSPS) is 36.2. The Bertz CT molecular complexity index is 996. The van der Waals surface area contributed by atoms with Crippen molar-refractivity contribution >= 4 is 27.2 Å². The third-order valence-electron chi connectivity index (χ3n) is 5.62. The van der Waals surface area contributed by atoms with Gasteiger partial charge in [-0.3, -0.25) is 4.55 Å². The van der Waals surface area contributed by atoms with E-state index in [1.165, 1.54) is 0 Å². The van der Waals surface area contributed by atoms with Gasteiger partial charge in [0.25, 0.3) is 0 Å². The molecule has 15 nitrogen and oxygen atoms in total. The predicted molar refractivity (Wildman–Crippen MR) is 124 cm³/mol. The lowest BCUT2D eigenvalue weighted by Gasteiger charge is -2.40. The van der Waals surface area contributed by atoms with E-state index >= 15 is 0 Å². The largest absolute Gasteiger partial charge is 0.466 e. The topological polar surface area (TPSA) is 245 Å². The molecular formula is C20H29NO14S2. The lowest BCUT2D eigenvalue weighted by Crippen LogP contribution is -2.57. The Kier molecular flexibility index (Phi) is 10.6. The second kappa shape index (κ2) is 13.1. The summed E-state index contributed by atoms with van der Waals surface area (Å²) < 4.78 is 52.0. The Hall–Kier alpha value is -1.45. The zero-order valence-corrected chi connectivity index (χ0v) is 20.7. The van der Waals surface area contributed by atoms with Gasteiger partial charge in [-0.1, -0.05) is 47.2 Å². The molecule has 8 N–H and O–H groups in total. The van der Waals surface area contributed by atoms with Crippen LogP contribution >= 0.6 is 11.8 Å². The maximum Gasteiger partial charge on any atom is 0.466 e. The first-order chi connectivity index (χ1) is 17.4. The zero-order chi connectivity index (χ0) is 27.3. The van der Waals surface area contributed by atoms with Gasteiger partial charge in [0.15, 0.2) is 6.29 Å². The standard InChI is InChI=1S/C20H29NO14S2/c22-7-12-15(25)16(26)18(28)20(34-12)36-13(21-35-37(29,30)31)6-11(9-4-2-1-3-5-9)33-19-17(27)14(24)10(23)8-32-19/h1-5,10-12,14-20,22-28H,6-8H2,(H,29,30,31). The molecule has 0 bridgehead atoms. The van der Waals surface area contributed by atoms with E-state index in [-0.39, 0.29) is 18.1 Å². The lowest BCUT2D eigenvalue weighted by atomic mass is 10.0. The number of aliphatic hydroxyl groups excluding tert-OH is 7. The summed E-state index contributed by atoms with van der Waals surface area (Å²) >= 11 is 0.548. The number of hydrogen-bond donors (Lipinski definition) is 8. The van der Waals surface area contributed by atoms with E-state index in [2.05, 4.69) is 9.44 Å². The van der Waals surface area contributed by atoms with E-state index < -0.39 is 77.6 Å². The highest BCUT2D eigenvalue weighted by atomic mass is 32.3. The lowest BCUT2D eigenvalue weighted by molar-refractivity contribution is -0.283. The molecule has 1 aromatic carbocycles. The second-order valence-corrected chi connectivity index (χ2v) is 10.5. The average Bonchev–Trinajstić information content (AvgIpc) is 2.87. The van der Waals surface area contributed by atoms with Crippen molar-refractivity contribution in [3.8, 4) is 0 Å². The van der Waals surface area contributed by atoms with Crippen LogP contribution in [0, 0.1) is 0 Å². The van der Waals surface area contributed by atoms with E-state index in [0.29, 0.717) is 17.3 Å². The van der Waals surface area contributed by atoms with Gasteiger partial charge < -0.3 is 50.0 Å². The number of aliphatic hydroxyl groups is 7. The number of oxime groups is 1. The van der Waals surface area contributed by atoms with E-state index in [0.717, 1.165) is 0 Å². The van der Waals surface area contributed by atoms with E-state index in [1.807, 2.05) is 0 Å². The molecular weight excluding hydrogens is 542 g/mol. The van der Waals surface area contributed by atoms with Crippen LogP contribution in [-0.2, 0) is 28.9 Å². The first-order valence-corrected chi connectivity index (χ1v) is 13.2. The zero-order valence-electron chi connectivity index (χ0n) is 19.1. The Morgan fingerprint density at radius 3 is 2.32 bits per heavy atom. The van der Waals surface area contributed by atoms with Crippen molar-refractivity contribution in [1.29, 1.82) is 0 Å². The van der Waals surface area contributed by atoms with Crippen molar-refractivity contribution in [3.63, 3.8) is 0 Å². The molecule has 2 fully saturated rings. The summed E-state index contributed by atoms with van der Waals surface area (Å²) in [4.78, 5) is 0. The predicted octanol–water partition coefficient (Wildman–Crippen LogP) is -2.76. The fourth-order valence-corrected chi connectivity index (χ4v) is 4.95. The summed E-state index contributed by atoms with van der Waals surface area (Å²) in [6.45, 7) is -1.06. The molecule has 2 aliphatic heterocycles. The first-order valence-electron chi connectivity index (χ1n) is 11.0. The van der Waals surface area contributed by atoms with Gasteiger partial charge in [0.1, 0.15) is 53.2 Å². The molecule has 0 aromatic heterocycles. The molecule has 2 aliphatic rings. The van der Waals surface area contributed by atoms with Crippen LogP contribution in [0.1, 0.15) is 18.1 Å². The third kappa shape index (κ3) is 8.02. The Morgan fingerprint density at radius 2 is 1.70 bits per heavy atom. The summed E-state index contributed by atoms with van der Waals surface area (Å²) in [5.74, 6) is 0.